The number of hydrogen-bond acceptors (Lipinski definition) is 2. The van der Waals surface area contributed by atoms with Gasteiger partial charge in [-0.1, -0.05) is 34.8 Å². The van der Waals surface area contributed by atoms with Gasteiger partial charge in [-0.05, 0) is 12.5 Å². The van der Waals surface area contributed by atoms with Crippen LogP contribution in [0.1, 0.15) is 5.56 Å². The zero-order chi connectivity index (χ0) is 11.8. The fraction of sp³-hybridized carbons (Fsp3) is 0.143. The molecule has 0 radical (unpaired) electrons. The minimum absolute atomic E-state index is 0.0210. The fourth-order valence-electron chi connectivity index (χ4n) is 0.897. The van der Waals surface area contributed by atoms with E-state index in [9.17, 15) is 4.57 Å². The van der Waals surface area contributed by atoms with Crippen LogP contribution in [0.4, 0.5) is 0 Å². The molecule has 15 heavy (non-hydrogen) atoms. The number of halogens is 3. The molecule has 0 saturated carbocycles. The summed E-state index contributed by atoms with van der Waals surface area (Å²) in [6.45, 7) is 1.56. The monoisotopic (exact) mass is 290 g/mol. The Morgan fingerprint density at radius 3 is 2.27 bits per heavy atom. The fourth-order valence-corrected chi connectivity index (χ4v) is 1.98. The molecule has 1 aromatic rings. The molecule has 0 atom stereocenters. The zero-order valence-corrected chi connectivity index (χ0v) is 10.5. The Kier molecular flexibility index (Phi) is 3.93. The Morgan fingerprint density at radius 2 is 1.80 bits per heavy atom. The molecule has 0 unspecified atom stereocenters. The van der Waals surface area contributed by atoms with Gasteiger partial charge in [0.1, 0.15) is 0 Å². The van der Waals surface area contributed by atoms with E-state index in [0.717, 1.165) is 6.07 Å². The summed E-state index contributed by atoms with van der Waals surface area (Å²) in [5.74, 6) is -0.197. The largest absolute Gasteiger partial charge is 0.524 e. The van der Waals surface area contributed by atoms with Crippen LogP contribution in [0.15, 0.2) is 6.07 Å². The van der Waals surface area contributed by atoms with Crippen molar-refractivity contribution in [3.05, 3.63) is 26.7 Å². The highest BCUT2D eigenvalue weighted by Crippen LogP contribution is 2.45. The van der Waals surface area contributed by atoms with E-state index in [1.807, 2.05) is 0 Å². The second kappa shape index (κ2) is 4.50. The van der Waals surface area contributed by atoms with Gasteiger partial charge in [0.05, 0.1) is 15.1 Å². The Morgan fingerprint density at radius 1 is 1.27 bits per heavy atom. The standard InChI is InChI=1S/C7H6Cl3O4P/c1-3-6(9)4(8)2-5(7(3)10)14-15(11,12)13/h2H,1H3,(H2,11,12,13). The molecule has 0 aromatic heterocycles. The smallest absolute Gasteiger partial charge is 0.403 e. The van der Waals surface area contributed by atoms with Gasteiger partial charge in [0, 0.05) is 6.07 Å². The van der Waals surface area contributed by atoms with E-state index in [0.29, 0.717) is 5.56 Å². The van der Waals surface area contributed by atoms with Crippen molar-refractivity contribution in [2.24, 2.45) is 0 Å². The first kappa shape index (κ1) is 13.1. The molecule has 8 heteroatoms. The molecular weight excluding hydrogens is 285 g/mol. The summed E-state index contributed by atoms with van der Waals surface area (Å²) >= 11 is 17.2. The Hall–Kier alpha value is 0.0400. The molecule has 84 valence electrons. The third-order valence-electron chi connectivity index (χ3n) is 1.56. The Balaban J connectivity index is 3.27. The normalized spacial score (nSPS) is 11.6. The number of hydrogen-bond donors (Lipinski definition) is 2. The first-order valence-corrected chi connectivity index (χ1v) is 6.28. The van der Waals surface area contributed by atoms with E-state index < -0.39 is 7.82 Å². The quantitative estimate of drug-likeness (QED) is 0.647. The van der Waals surface area contributed by atoms with Crippen LogP contribution in [-0.2, 0) is 4.57 Å². The topological polar surface area (TPSA) is 66.8 Å². The number of rotatable bonds is 2. The molecule has 1 rings (SSSR count). The Bertz CT molecular complexity index is 442. The van der Waals surface area contributed by atoms with Crippen molar-refractivity contribution in [1.82, 2.24) is 0 Å². The van der Waals surface area contributed by atoms with E-state index in [-0.39, 0.29) is 20.8 Å². The van der Waals surface area contributed by atoms with Crippen molar-refractivity contribution in [2.75, 3.05) is 0 Å². The maximum absolute atomic E-state index is 10.6. The van der Waals surface area contributed by atoms with Crippen LogP contribution in [0.5, 0.6) is 5.75 Å². The van der Waals surface area contributed by atoms with E-state index in [2.05, 4.69) is 4.52 Å². The molecule has 0 aliphatic carbocycles. The molecule has 0 amide bonds. The van der Waals surface area contributed by atoms with Gasteiger partial charge in [0.2, 0.25) is 0 Å². The molecule has 0 saturated heterocycles. The van der Waals surface area contributed by atoms with Gasteiger partial charge < -0.3 is 4.52 Å². The van der Waals surface area contributed by atoms with Gasteiger partial charge in [-0.2, -0.15) is 0 Å². The van der Waals surface area contributed by atoms with Gasteiger partial charge in [-0.3, -0.25) is 9.79 Å². The van der Waals surface area contributed by atoms with Gasteiger partial charge in [-0.15, -0.1) is 0 Å². The SMILES string of the molecule is Cc1c(Cl)c(Cl)cc(OP(=O)(O)O)c1Cl. The second-order valence-electron chi connectivity index (χ2n) is 2.69. The molecule has 4 nitrogen and oxygen atoms in total. The number of benzene rings is 1. The summed E-state index contributed by atoms with van der Waals surface area (Å²) in [6.07, 6.45) is 0. The minimum atomic E-state index is -4.66. The lowest BCUT2D eigenvalue weighted by Crippen LogP contribution is -1.93. The van der Waals surface area contributed by atoms with Gasteiger partial charge >= 0.3 is 7.82 Å². The number of phosphoric ester groups is 1. The molecule has 0 aliphatic heterocycles. The predicted octanol–water partition coefficient (Wildman–Crippen LogP) is 3.43. The van der Waals surface area contributed by atoms with Crippen molar-refractivity contribution in [2.45, 2.75) is 6.92 Å². The van der Waals surface area contributed by atoms with Crippen LogP contribution in [0.25, 0.3) is 0 Å². The first-order chi connectivity index (χ1) is 6.72. The van der Waals surface area contributed by atoms with Gasteiger partial charge in [-0.25, -0.2) is 4.57 Å². The first-order valence-electron chi connectivity index (χ1n) is 3.61. The average Bonchev–Trinajstić information content (AvgIpc) is 2.08. The average molecular weight is 291 g/mol. The highest BCUT2D eigenvalue weighted by Gasteiger charge is 2.21. The van der Waals surface area contributed by atoms with Crippen molar-refractivity contribution >= 4 is 42.6 Å². The third kappa shape index (κ3) is 3.25. The minimum Gasteiger partial charge on any atom is -0.403 e. The molecule has 2 N–H and O–H groups in total. The van der Waals surface area contributed by atoms with E-state index in [1.54, 1.807) is 6.92 Å². The highest BCUT2D eigenvalue weighted by molar-refractivity contribution is 7.46. The maximum atomic E-state index is 10.6. The summed E-state index contributed by atoms with van der Waals surface area (Å²) in [6, 6.07) is 1.15. The molecule has 0 spiro atoms. The third-order valence-corrected chi connectivity index (χ3v) is 3.35. The van der Waals surface area contributed by atoms with Crippen LogP contribution in [0.3, 0.4) is 0 Å². The van der Waals surface area contributed by atoms with Crippen LogP contribution in [0, 0.1) is 6.92 Å². The predicted molar refractivity (Wildman–Crippen MR) is 58.9 cm³/mol. The van der Waals surface area contributed by atoms with Crippen molar-refractivity contribution in [3.8, 4) is 5.75 Å². The van der Waals surface area contributed by atoms with Crippen LogP contribution < -0.4 is 4.52 Å². The lowest BCUT2D eigenvalue weighted by molar-refractivity contribution is 0.283. The van der Waals surface area contributed by atoms with Crippen LogP contribution >= 0.6 is 42.6 Å². The van der Waals surface area contributed by atoms with Gasteiger partial charge in [0.25, 0.3) is 0 Å². The lowest BCUT2D eigenvalue weighted by atomic mass is 10.2. The number of phosphoric acid groups is 1. The van der Waals surface area contributed by atoms with E-state index in [1.165, 1.54) is 0 Å². The van der Waals surface area contributed by atoms with Crippen LogP contribution in [0.2, 0.25) is 15.1 Å². The van der Waals surface area contributed by atoms with E-state index in [4.69, 9.17) is 44.6 Å². The second-order valence-corrected chi connectivity index (χ2v) is 5.02. The summed E-state index contributed by atoms with van der Waals surface area (Å²) in [5, 5.41) is 0.356. The summed E-state index contributed by atoms with van der Waals surface area (Å²) in [4.78, 5) is 17.2. The molecule has 1 aromatic carbocycles. The highest BCUT2D eigenvalue weighted by atomic mass is 35.5. The van der Waals surface area contributed by atoms with Gasteiger partial charge in [0.15, 0.2) is 5.75 Å². The van der Waals surface area contributed by atoms with Crippen molar-refractivity contribution < 1.29 is 18.9 Å². The maximum Gasteiger partial charge on any atom is 0.524 e. The lowest BCUT2D eigenvalue weighted by Gasteiger charge is -2.11. The van der Waals surface area contributed by atoms with Crippen LogP contribution in [-0.4, -0.2) is 9.79 Å². The molecule has 0 heterocycles. The van der Waals surface area contributed by atoms with Crippen molar-refractivity contribution in [1.29, 1.82) is 0 Å². The summed E-state index contributed by atoms with van der Waals surface area (Å²) in [5.41, 5.74) is 0.397. The molecular formula is C7H6Cl3O4P. The van der Waals surface area contributed by atoms with E-state index >= 15 is 0 Å². The summed E-state index contributed by atoms with van der Waals surface area (Å²) < 4.78 is 14.9. The summed E-state index contributed by atoms with van der Waals surface area (Å²) in [7, 11) is -4.66. The zero-order valence-electron chi connectivity index (χ0n) is 7.37. The molecule has 0 aliphatic rings. The van der Waals surface area contributed by atoms with Crippen molar-refractivity contribution in [3.63, 3.8) is 0 Å². The molecule has 0 bridgehead atoms. The molecule has 0 fully saturated rings. The Labute approximate surface area is 101 Å².